The molecule has 0 saturated heterocycles. The van der Waals surface area contributed by atoms with Crippen LogP contribution in [0, 0.1) is 6.92 Å². The molecule has 0 spiro atoms. The fraction of sp³-hybridized carbons (Fsp3) is 0.286. The Labute approximate surface area is 163 Å². The highest BCUT2D eigenvalue weighted by Gasteiger charge is 2.26. The topological polar surface area (TPSA) is 81.0 Å². The number of rotatable bonds is 4. The van der Waals surface area contributed by atoms with Crippen LogP contribution < -0.4 is 4.90 Å². The van der Waals surface area contributed by atoms with Crippen LogP contribution in [-0.2, 0) is 11.2 Å². The van der Waals surface area contributed by atoms with Crippen molar-refractivity contribution < 1.29 is 9.59 Å². The van der Waals surface area contributed by atoms with Crippen LogP contribution in [0.1, 0.15) is 41.4 Å². The van der Waals surface area contributed by atoms with Gasteiger partial charge in [-0.1, -0.05) is 24.3 Å². The summed E-state index contributed by atoms with van der Waals surface area (Å²) in [4.78, 5) is 27.8. The molecule has 1 amide bonds. The number of nitrogens with zero attached hydrogens (tertiary/aromatic N) is 5. The lowest BCUT2D eigenvalue weighted by Crippen LogP contribution is -2.25. The molecule has 28 heavy (non-hydrogen) atoms. The van der Waals surface area contributed by atoms with Crippen molar-refractivity contribution in [2.45, 2.75) is 33.2 Å². The Bertz CT molecular complexity index is 1070. The molecule has 0 aliphatic carbocycles. The lowest BCUT2D eigenvalue weighted by atomic mass is 10.0. The van der Waals surface area contributed by atoms with Gasteiger partial charge in [0.1, 0.15) is 6.04 Å². The van der Waals surface area contributed by atoms with Crippen LogP contribution in [0.5, 0.6) is 0 Å². The van der Waals surface area contributed by atoms with E-state index < -0.39 is 6.04 Å². The number of aromatic nitrogens is 4. The normalized spacial score (nSPS) is 14.0. The van der Waals surface area contributed by atoms with Gasteiger partial charge in [0.05, 0.1) is 0 Å². The fourth-order valence-electron chi connectivity index (χ4n) is 3.55. The molecule has 2 heterocycles. The molecule has 3 aromatic rings. The zero-order valence-corrected chi connectivity index (χ0v) is 16.1. The van der Waals surface area contributed by atoms with Gasteiger partial charge < -0.3 is 4.90 Å². The minimum Gasteiger partial charge on any atom is -0.312 e. The quantitative estimate of drug-likeness (QED) is 0.655. The van der Waals surface area contributed by atoms with E-state index in [1.54, 1.807) is 24.8 Å². The SMILES string of the molecule is CC(=O)N1CCc2cc(C(=O)[C@@H](C)n3nnc(-c4ccccc4C)n3)ccc21. The van der Waals surface area contributed by atoms with Crippen molar-refractivity contribution in [3.8, 4) is 11.4 Å². The summed E-state index contributed by atoms with van der Waals surface area (Å²) in [5.74, 6) is 0.434. The van der Waals surface area contributed by atoms with Crippen molar-refractivity contribution in [2.75, 3.05) is 11.4 Å². The second kappa shape index (κ2) is 6.99. The van der Waals surface area contributed by atoms with Gasteiger partial charge in [-0.25, -0.2) is 0 Å². The number of tetrazole rings is 1. The number of carbonyl (C=O) groups is 2. The highest BCUT2D eigenvalue weighted by atomic mass is 16.2. The first-order chi connectivity index (χ1) is 13.5. The van der Waals surface area contributed by atoms with Gasteiger partial charge in [0, 0.05) is 30.3 Å². The van der Waals surface area contributed by atoms with Crippen molar-refractivity contribution in [2.24, 2.45) is 0 Å². The van der Waals surface area contributed by atoms with Crippen molar-refractivity contribution in [3.63, 3.8) is 0 Å². The number of Topliss-reactive ketones (excluding diaryl/α,β-unsaturated/α-hetero) is 1. The number of hydrogen-bond donors (Lipinski definition) is 0. The average Bonchev–Trinajstić information content (AvgIpc) is 3.34. The number of benzene rings is 2. The highest BCUT2D eigenvalue weighted by Crippen LogP contribution is 2.30. The van der Waals surface area contributed by atoms with Crippen LogP contribution in [0.2, 0.25) is 0 Å². The van der Waals surface area contributed by atoms with Crippen LogP contribution in [0.25, 0.3) is 11.4 Å². The molecular formula is C21H21N5O2. The van der Waals surface area contributed by atoms with E-state index >= 15 is 0 Å². The molecule has 0 saturated carbocycles. The Morgan fingerprint density at radius 2 is 1.93 bits per heavy atom. The first kappa shape index (κ1) is 18.0. The summed E-state index contributed by atoms with van der Waals surface area (Å²) < 4.78 is 0. The van der Waals surface area contributed by atoms with Gasteiger partial charge in [-0.2, -0.15) is 4.80 Å². The van der Waals surface area contributed by atoms with E-state index in [0.717, 1.165) is 28.8 Å². The molecule has 0 bridgehead atoms. The largest absolute Gasteiger partial charge is 0.312 e. The van der Waals surface area contributed by atoms with Crippen LogP contribution in [-0.4, -0.2) is 38.4 Å². The van der Waals surface area contributed by atoms with Gasteiger partial charge in [0.25, 0.3) is 0 Å². The van der Waals surface area contributed by atoms with Crippen molar-refractivity contribution in [3.05, 3.63) is 59.2 Å². The lowest BCUT2D eigenvalue weighted by molar-refractivity contribution is -0.116. The number of ketones is 1. The molecular weight excluding hydrogens is 354 g/mol. The minimum atomic E-state index is -0.575. The lowest BCUT2D eigenvalue weighted by Gasteiger charge is -2.15. The molecule has 0 radical (unpaired) electrons. The number of aryl methyl sites for hydroxylation is 1. The van der Waals surface area contributed by atoms with E-state index in [4.69, 9.17) is 0 Å². The van der Waals surface area contributed by atoms with Crippen LogP contribution >= 0.6 is 0 Å². The summed E-state index contributed by atoms with van der Waals surface area (Å²) in [6, 6.07) is 12.7. The van der Waals surface area contributed by atoms with Crippen LogP contribution in [0.15, 0.2) is 42.5 Å². The van der Waals surface area contributed by atoms with Gasteiger partial charge in [-0.15, -0.1) is 10.2 Å². The van der Waals surface area contributed by atoms with E-state index in [1.807, 2.05) is 43.3 Å². The van der Waals surface area contributed by atoms with E-state index in [1.165, 1.54) is 4.80 Å². The molecule has 7 nitrogen and oxygen atoms in total. The van der Waals surface area contributed by atoms with Gasteiger partial charge in [-0.05, 0) is 54.8 Å². The monoisotopic (exact) mass is 375 g/mol. The third-order valence-electron chi connectivity index (χ3n) is 5.18. The summed E-state index contributed by atoms with van der Waals surface area (Å²) in [7, 11) is 0. The maximum atomic E-state index is 13.0. The summed E-state index contributed by atoms with van der Waals surface area (Å²) in [6.45, 7) is 5.96. The van der Waals surface area contributed by atoms with Crippen molar-refractivity contribution in [1.82, 2.24) is 20.2 Å². The molecule has 1 aromatic heterocycles. The molecule has 0 fully saturated rings. The predicted molar refractivity (Wildman–Crippen MR) is 105 cm³/mol. The van der Waals surface area contributed by atoms with Gasteiger partial charge in [0.15, 0.2) is 5.78 Å². The van der Waals surface area contributed by atoms with Crippen molar-refractivity contribution >= 4 is 17.4 Å². The summed E-state index contributed by atoms with van der Waals surface area (Å²) in [5.41, 5.74) is 4.44. The minimum absolute atomic E-state index is 0.0155. The summed E-state index contributed by atoms with van der Waals surface area (Å²) >= 11 is 0. The first-order valence-electron chi connectivity index (χ1n) is 9.26. The van der Waals surface area contributed by atoms with E-state index in [-0.39, 0.29) is 11.7 Å². The molecule has 7 heteroatoms. The van der Waals surface area contributed by atoms with Crippen molar-refractivity contribution in [1.29, 1.82) is 0 Å². The standard InChI is InChI=1S/C21H21N5O2/c1-13-6-4-5-7-18(13)21-22-24-26(23-21)14(2)20(28)17-8-9-19-16(12-17)10-11-25(19)15(3)27/h4-9,12,14H,10-11H2,1-3H3/t14-/m1/s1. The molecule has 0 unspecified atom stereocenters. The third kappa shape index (κ3) is 3.09. The second-order valence-corrected chi connectivity index (χ2v) is 7.05. The number of carbonyl (C=O) groups excluding carboxylic acids is 2. The number of hydrogen-bond acceptors (Lipinski definition) is 5. The molecule has 142 valence electrons. The third-order valence-corrected chi connectivity index (χ3v) is 5.18. The molecule has 1 atom stereocenters. The first-order valence-corrected chi connectivity index (χ1v) is 9.26. The number of fused-ring (bicyclic) bond motifs is 1. The maximum Gasteiger partial charge on any atom is 0.223 e. The Morgan fingerprint density at radius 3 is 2.68 bits per heavy atom. The Balaban J connectivity index is 1.58. The summed E-state index contributed by atoms with van der Waals surface area (Å²) in [6.07, 6.45) is 0.753. The predicted octanol–water partition coefficient (Wildman–Crippen LogP) is 3.00. The Kier molecular flexibility index (Phi) is 4.50. The Hall–Kier alpha value is -3.35. The zero-order valence-electron chi connectivity index (χ0n) is 16.1. The summed E-state index contributed by atoms with van der Waals surface area (Å²) in [5, 5.41) is 12.6. The Morgan fingerprint density at radius 1 is 1.14 bits per heavy atom. The smallest absolute Gasteiger partial charge is 0.223 e. The van der Waals surface area contributed by atoms with Gasteiger partial charge >= 0.3 is 0 Å². The molecule has 1 aliphatic heterocycles. The van der Waals surface area contributed by atoms with Gasteiger partial charge in [-0.3, -0.25) is 9.59 Å². The van der Waals surface area contributed by atoms with E-state index in [2.05, 4.69) is 15.4 Å². The molecule has 4 rings (SSSR count). The van der Waals surface area contributed by atoms with Crippen LogP contribution in [0.4, 0.5) is 5.69 Å². The maximum absolute atomic E-state index is 13.0. The molecule has 2 aromatic carbocycles. The van der Waals surface area contributed by atoms with Gasteiger partial charge in [0.2, 0.25) is 11.7 Å². The van der Waals surface area contributed by atoms with E-state index in [9.17, 15) is 9.59 Å². The second-order valence-electron chi connectivity index (χ2n) is 7.05. The van der Waals surface area contributed by atoms with Crippen LogP contribution in [0.3, 0.4) is 0 Å². The average molecular weight is 375 g/mol. The number of anilines is 1. The fourth-order valence-corrected chi connectivity index (χ4v) is 3.55. The van der Waals surface area contributed by atoms with E-state index in [0.29, 0.717) is 17.9 Å². The zero-order chi connectivity index (χ0) is 19.8. The molecule has 0 N–H and O–H groups in total. The highest BCUT2D eigenvalue weighted by molar-refractivity contribution is 6.00. The molecule has 1 aliphatic rings. The number of amides is 1.